The van der Waals surface area contributed by atoms with Crippen LogP contribution in [0.15, 0.2) is 120 Å². The van der Waals surface area contributed by atoms with Crippen molar-refractivity contribution in [3.8, 4) is 5.75 Å². The number of carbonyl (C=O) groups is 3. The largest absolute Gasteiger partial charge is 1.00 e. The first-order chi connectivity index (χ1) is 30.5. The van der Waals surface area contributed by atoms with Gasteiger partial charge in [-0.2, -0.15) is 4.58 Å². The standard InChI is InChI=1S/C51H55N3O9S.Na/c1-35-34-50(2,3)53(28-29-61-6)43-33-45-40(32-39(35)43)37(30-44(62-45)36-18-13-10-14-19-36)20-12-8-7-9-15-21-46-51(4,5)41-31-38(64(58,59)60)23-24-42(41)52(46)27-17-11-16-22-49(57)63-54-47(55)25-26-48(54)56;/h7-10,12-15,18-21,23-24,30-34H,11,16-17,22,25-29H2,1-6H3;/q;+1. The molecule has 1 saturated heterocycles. The minimum absolute atomic E-state index is 0. The Balaban J connectivity index is 0.00000700. The maximum Gasteiger partial charge on any atom is 1.00 e. The molecule has 0 aromatic heterocycles. The van der Waals surface area contributed by atoms with E-state index >= 15 is 0 Å². The molecule has 12 nitrogen and oxygen atoms in total. The second-order valence-corrected chi connectivity index (χ2v) is 18.7. The maximum absolute atomic E-state index is 12.3. The van der Waals surface area contributed by atoms with Crippen LogP contribution in [0.5, 0.6) is 5.75 Å². The molecule has 14 heteroatoms. The van der Waals surface area contributed by atoms with Crippen molar-refractivity contribution >= 4 is 61.9 Å². The van der Waals surface area contributed by atoms with Gasteiger partial charge in [-0.3, -0.25) is 9.59 Å². The third kappa shape index (κ3) is 10.9. The molecule has 0 atom stereocenters. The minimum Gasteiger partial charge on any atom is -0.744 e. The van der Waals surface area contributed by atoms with Crippen molar-refractivity contribution in [3.63, 3.8) is 0 Å². The number of unbranched alkanes of at least 4 members (excludes halogenated alkanes) is 2. The summed E-state index contributed by atoms with van der Waals surface area (Å²) < 4.78 is 50.3. The molecule has 1 fully saturated rings. The number of nitrogens with zero attached hydrogens (tertiary/aromatic N) is 3. The zero-order chi connectivity index (χ0) is 45.8. The van der Waals surface area contributed by atoms with Gasteiger partial charge in [-0.1, -0.05) is 72.9 Å². The van der Waals surface area contributed by atoms with Crippen LogP contribution in [0.4, 0.5) is 11.4 Å². The van der Waals surface area contributed by atoms with Crippen molar-refractivity contribution in [1.82, 2.24) is 5.06 Å². The zero-order valence-corrected chi connectivity index (χ0v) is 41.1. The van der Waals surface area contributed by atoms with Crippen LogP contribution in [0, 0.1) is 0 Å². The van der Waals surface area contributed by atoms with Gasteiger partial charge in [0.1, 0.15) is 28.2 Å². The van der Waals surface area contributed by atoms with Crippen molar-refractivity contribution in [3.05, 3.63) is 138 Å². The fourth-order valence-corrected chi connectivity index (χ4v) is 9.32. The van der Waals surface area contributed by atoms with Crippen LogP contribution < -0.4 is 39.2 Å². The summed E-state index contributed by atoms with van der Waals surface area (Å²) in [6.07, 6.45) is 20.1. The van der Waals surface area contributed by atoms with Crippen molar-refractivity contribution < 1.29 is 75.8 Å². The predicted octanol–water partition coefficient (Wildman–Crippen LogP) is 5.97. The molecular formula is C51H55N3NaO9S+. The number of methoxy groups -OCH3 is 1. The number of rotatable bonds is 16. The first kappa shape index (κ1) is 49.3. The number of ether oxygens (including phenoxy) is 2. The number of hydrogen-bond donors (Lipinski definition) is 0. The predicted molar refractivity (Wildman–Crippen MR) is 247 cm³/mol. The van der Waals surface area contributed by atoms with Gasteiger partial charge in [0.2, 0.25) is 5.69 Å². The van der Waals surface area contributed by atoms with Gasteiger partial charge in [-0.05, 0) is 82.9 Å². The van der Waals surface area contributed by atoms with Gasteiger partial charge in [-0.25, -0.2) is 13.2 Å². The Morgan fingerprint density at radius 3 is 2.32 bits per heavy atom. The Bertz CT molecular complexity index is 2680. The van der Waals surface area contributed by atoms with Gasteiger partial charge in [0, 0.05) is 85.5 Å². The Morgan fingerprint density at radius 2 is 1.62 bits per heavy atom. The van der Waals surface area contributed by atoms with Gasteiger partial charge in [0.15, 0.2) is 5.71 Å². The first-order valence-electron chi connectivity index (χ1n) is 21.6. The van der Waals surface area contributed by atoms with Gasteiger partial charge in [0.25, 0.3) is 11.8 Å². The number of amides is 2. The summed E-state index contributed by atoms with van der Waals surface area (Å²) in [7, 11) is -2.95. The summed E-state index contributed by atoms with van der Waals surface area (Å²) in [5.41, 5.74) is 8.03. The minimum atomic E-state index is -4.67. The van der Waals surface area contributed by atoms with Gasteiger partial charge in [0.05, 0.1) is 22.5 Å². The molecular weight excluding hydrogens is 854 g/mol. The average molecular weight is 909 g/mol. The van der Waals surface area contributed by atoms with Crippen molar-refractivity contribution in [2.75, 3.05) is 31.7 Å². The smallest absolute Gasteiger partial charge is 0.744 e. The van der Waals surface area contributed by atoms with E-state index < -0.39 is 33.3 Å². The van der Waals surface area contributed by atoms with Crippen LogP contribution in [-0.2, 0) is 39.5 Å². The van der Waals surface area contributed by atoms with Crippen LogP contribution in [-0.4, -0.2) is 78.4 Å². The molecule has 0 aliphatic carbocycles. The summed E-state index contributed by atoms with van der Waals surface area (Å²) in [6, 6.07) is 18.9. The molecule has 2 amide bonds. The van der Waals surface area contributed by atoms with Crippen LogP contribution >= 0.6 is 0 Å². The maximum atomic E-state index is 12.3. The summed E-state index contributed by atoms with van der Waals surface area (Å²) >= 11 is 0. The molecule has 0 spiro atoms. The molecule has 0 bridgehead atoms. The summed E-state index contributed by atoms with van der Waals surface area (Å²) in [5, 5.41) is 0.560. The molecule has 0 radical (unpaired) electrons. The van der Waals surface area contributed by atoms with E-state index in [9.17, 15) is 27.4 Å². The summed E-state index contributed by atoms with van der Waals surface area (Å²) in [5.74, 6) is -0.128. The molecule has 0 N–H and O–H groups in total. The van der Waals surface area contributed by atoms with E-state index in [1.807, 2.05) is 80.6 Å². The monoisotopic (exact) mass is 908 g/mol. The number of carbonyl (C=O) groups excluding carboxylic acids is 3. The third-order valence-electron chi connectivity index (χ3n) is 12.1. The molecule has 3 aromatic carbocycles. The van der Waals surface area contributed by atoms with Crippen LogP contribution in [0.2, 0.25) is 0 Å². The van der Waals surface area contributed by atoms with E-state index in [0.717, 1.165) is 63.0 Å². The third-order valence-corrected chi connectivity index (χ3v) is 12.9. The topological polar surface area (TPSA) is 146 Å². The molecule has 65 heavy (non-hydrogen) atoms. The van der Waals surface area contributed by atoms with Crippen LogP contribution in [0.3, 0.4) is 0 Å². The Kier molecular flexibility index (Phi) is 15.6. The number of fused-ring (bicyclic) bond motifs is 3. The molecule has 4 heterocycles. The second-order valence-electron chi connectivity index (χ2n) is 17.4. The molecule has 7 rings (SSSR count). The van der Waals surface area contributed by atoms with Crippen molar-refractivity contribution in [2.24, 2.45) is 0 Å². The number of imide groups is 1. The van der Waals surface area contributed by atoms with E-state index in [0.29, 0.717) is 37.5 Å². The molecule has 4 aliphatic heterocycles. The van der Waals surface area contributed by atoms with Crippen molar-refractivity contribution in [1.29, 1.82) is 0 Å². The fourth-order valence-electron chi connectivity index (χ4n) is 8.83. The molecule has 3 aromatic rings. The molecule has 334 valence electrons. The van der Waals surface area contributed by atoms with Gasteiger partial charge >= 0.3 is 35.5 Å². The molecule has 0 unspecified atom stereocenters. The van der Waals surface area contributed by atoms with E-state index in [1.165, 1.54) is 17.7 Å². The summed E-state index contributed by atoms with van der Waals surface area (Å²) in [6.45, 7) is 12.5. The second kappa shape index (κ2) is 20.6. The first-order valence-corrected chi connectivity index (χ1v) is 23.0. The molecule has 4 aliphatic rings. The number of hydrogen-bond acceptors (Lipinski definition) is 10. The van der Waals surface area contributed by atoms with E-state index in [-0.39, 0.29) is 59.3 Å². The Hall–Kier alpha value is -5.15. The van der Waals surface area contributed by atoms with E-state index in [2.05, 4.69) is 60.6 Å². The fraction of sp³-hybridized carbons (Fsp3) is 0.333. The summed E-state index contributed by atoms with van der Waals surface area (Å²) in [4.78, 5) is 43.1. The SMILES string of the molecule is COCCN1c2cc3c(cc2C(C)=CC1(C)C)C(=CC=CC=CC=CC1=[N+](CCCCCC(=O)ON2C(=O)CCC2=O)c2ccc(S(=O)(=O)[O-])cc2C1(C)C)C=C(c1ccccc1)O3.[Na+]. The van der Waals surface area contributed by atoms with E-state index in [4.69, 9.17) is 14.3 Å². The number of benzene rings is 3. The van der Waals surface area contributed by atoms with Gasteiger partial charge in [-0.15, -0.1) is 5.06 Å². The quantitative estimate of drug-likeness (QED) is 0.0421. The Labute approximate surface area is 404 Å². The molecule has 0 saturated carbocycles. The van der Waals surface area contributed by atoms with Gasteiger partial charge < -0.3 is 23.8 Å². The van der Waals surface area contributed by atoms with Crippen LogP contribution in [0.1, 0.15) is 95.4 Å². The number of anilines is 1. The average Bonchev–Trinajstić information content (AvgIpc) is 3.67. The number of allylic oxidation sites excluding steroid dienone is 10. The zero-order valence-electron chi connectivity index (χ0n) is 38.3. The Morgan fingerprint density at radius 1 is 0.908 bits per heavy atom. The number of hydroxylamine groups is 2. The van der Waals surface area contributed by atoms with Crippen molar-refractivity contribution in [2.45, 2.75) is 89.0 Å². The van der Waals surface area contributed by atoms with E-state index in [1.54, 1.807) is 13.2 Å². The normalized spacial score (nSPS) is 18.2. The van der Waals surface area contributed by atoms with Crippen LogP contribution in [0.25, 0.3) is 16.9 Å².